The van der Waals surface area contributed by atoms with E-state index in [1.54, 1.807) is 0 Å². The van der Waals surface area contributed by atoms with E-state index in [4.69, 9.17) is 4.74 Å². The summed E-state index contributed by atoms with van der Waals surface area (Å²) >= 11 is 0. The van der Waals surface area contributed by atoms with Crippen LogP contribution in [0.15, 0.2) is 0 Å². The highest BCUT2D eigenvalue weighted by Crippen LogP contribution is 2.19. The number of piperidine rings is 1. The van der Waals surface area contributed by atoms with E-state index in [0.717, 1.165) is 52.0 Å². The minimum absolute atomic E-state index is 0. The molecule has 4 nitrogen and oxygen atoms in total. The zero-order valence-electron chi connectivity index (χ0n) is 11.1. The van der Waals surface area contributed by atoms with Gasteiger partial charge in [0, 0.05) is 25.8 Å². The van der Waals surface area contributed by atoms with E-state index in [1.807, 2.05) is 0 Å². The molecule has 0 bridgehead atoms. The molecule has 2 heterocycles. The number of hydrogen-bond donors (Lipinski definition) is 2. The van der Waals surface area contributed by atoms with Gasteiger partial charge >= 0.3 is 0 Å². The van der Waals surface area contributed by atoms with Gasteiger partial charge in [-0.2, -0.15) is 0 Å². The molecule has 2 N–H and O–H groups in total. The van der Waals surface area contributed by atoms with Gasteiger partial charge in [0.15, 0.2) is 0 Å². The lowest BCUT2D eigenvalue weighted by Crippen LogP contribution is -2.46. The van der Waals surface area contributed by atoms with Crippen molar-refractivity contribution in [1.82, 2.24) is 10.6 Å². The van der Waals surface area contributed by atoms with Crippen LogP contribution in [0, 0.1) is 11.8 Å². The topological polar surface area (TPSA) is 50.4 Å². The van der Waals surface area contributed by atoms with E-state index in [0.29, 0.717) is 5.92 Å². The van der Waals surface area contributed by atoms with E-state index in [1.165, 1.54) is 0 Å². The normalized spacial score (nSPS) is 27.1. The fraction of sp³-hybridized carbons (Fsp3) is 0.923. The summed E-state index contributed by atoms with van der Waals surface area (Å²) in [4.78, 5) is 12.1. The molecule has 106 valence electrons. The third kappa shape index (κ3) is 4.41. The van der Waals surface area contributed by atoms with Gasteiger partial charge in [-0.15, -0.1) is 12.4 Å². The number of rotatable bonds is 3. The highest BCUT2D eigenvalue weighted by molar-refractivity contribution is 5.85. The van der Waals surface area contributed by atoms with Crippen LogP contribution in [0.4, 0.5) is 0 Å². The van der Waals surface area contributed by atoms with Crippen molar-refractivity contribution in [2.75, 3.05) is 26.3 Å². The Balaban J connectivity index is 0.00000162. The van der Waals surface area contributed by atoms with Crippen molar-refractivity contribution in [3.05, 3.63) is 0 Å². The predicted octanol–water partition coefficient (Wildman–Crippen LogP) is 1.34. The Morgan fingerprint density at radius 3 is 2.67 bits per heavy atom. The Kier molecular flexibility index (Phi) is 6.97. The molecule has 0 aromatic rings. The SMILES string of the molecule is CC(NC(=O)C1CCCNC1)C1CCOCC1.Cl. The minimum Gasteiger partial charge on any atom is -0.381 e. The number of amides is 1. The summed E-state index contributed by atoms with van der Waals surface area (Å²) < 4.78 is 5.35. The first-order valence-corrected chi connectivity index (χ1v) is 6.86. The zero-order valence-corrected chi connectivity index (χ0v) is 11.9. The molecule has 2 unspecified atom stereocenters. The van der Waals surface area contributed by atoms with Crippen molar-refractivity contribution < 1.29 is 9.53 Å². The smallest absolute Gasteiger partial charge is 0.224 e. The maximum absolute atomic E-state index is 12.1. The zero-order chi connectivity index (χ0) is 12.1. The van der Waals surface area contributed by atoms with Gasteiger partial charge < -0.3 is 15.4 Å². The maximum atomic E-state index is 12.1. The minimum atomic E-state index is 0. The molecule has 2 fully saturated rings. The third-order valence-electron chi connectivity index (χ3n) is 4.01. The van der Waals surface area contributed by atoms with Crippen LogP contribution in [0.25, 0.3) is 0 Å². The second-order valence-electron chi connectivity index (χ2n) is 5.29. The number of carbonyl (C=O) groups is 1. The van der Waals surface area contributed by atoms with Crippen molar-refractivity contribution in [2.24, 2.45) is 11.8 Å². The van der Waals surface area contributed by atoms with E-state index >= 15 is 0 Å². The lowest BCUT2D eigenvalue weighted by atomic mass is 9.91. The molecule has 0 saturated carbocycles. The molecule has 0 aliphatic carbocycles. The predicted molar refractivity (Wildman–Crippen MR) is 74.0 cm³/mol. The van der Waals surface area contributed by atoms with Crippen molar-refractivity contribution in [1.29, 1.82) is 0 Å². The fourth-order valence-electron chi connectivity index (χ4n) is 2.75. The van der Waals surface area contributed by atoms with Crippen LogP contribution in [-0.2, 0) is 9.53 Å². The summed E-state index contributed by atoms with van der Waals surface area (Å²) in [7, 11) is 0. The Hall–Kier alpha value is -0.320. The van der Waals surface area contributed by atoms with Gasteiger partial charge in [0.25, 0.3) is 0 Å². The highest BCUT2D eigenvalue weighted by Gasteiger charge is 2.26. The molecule has 2 aliphatic rings. The second-order valence-corrected chi connectivity index (χ2v) is 5.29. The molecule has 1 amide bonds. The van der Waals surface area contributed by atoms with Gasteiger partial charge in [-0.25, -0.2) is 0 Å². The Bertz CT molecular complexity index is 251. The van der Waals surface area contributed by atoms with Crippen molar-refractivity contribution in [3.63, 3.8) is 0 Å². The van der Waals surface area contributed by atoms with Gasteiger partial charge in [0.1, 0.15) is 0 Å². The monoisotopic (exact) mass is 276 g/mol. The van der Waals surface area contributed by atoms with Gasteiger partial charge in [-0.1, -0.05) is 0 Å². The average molecular weight is 277 g/mol. The molecule has 0 radical (unpaired) electrons. The number of carbonyl (C=O) groups excluding carboxylic acids is 1. The van der Waals surface area contributed by atoms with E-state index in [-0.39, 0.29) is 30.3 Å². The van der Waals surface area contributed by atoms with Crippen LogP contribution < -0.4 is 10.6 Å². The lowest BCUT2D eigenvalue weighted by Gasteiger charge is -2.30. The standard InChI is InChI=1S/C13H24N2O2.ClH/c1-10(11-4-7-17-8-5-11)15-13(16)12-3-2-6-14-9-12;/h10-12,14H,2-9H2,1H3,(H,15,16);1H. The summed E-state index contributed by atoms with van der Waals surface area (Å²) in [6.07, 6.45) is 4.29. The summed E-state index contributed by atoms with van der Waals surface area (Å²) in [5.41, 5.74) is 0. The van der Waals surface area contributed by atoms with Crippen LogP contribution in [0.3, 0.4) is 0 Å². The molecule has 2 aliphatic heterocycles. The number of ether oxygens (including phenoxy) is 1. The number of hydrogen-bond acceptors (Lipinski definition) is 3. The first kappa shape index (κ1) is 15.7. The first-order valence-electron chi connectivity index (χ1n) is 6.86. The molecule has 2 atom stereocenters. The maximum Gasteiger partial charge on any atom is 0.224 e. The second kappa shape index (κ2) is 7.97. The van der Waals surface area contributed by atoms with Gasteiger partial charge in [0.05, 0.1) is 5.92 Å². The lowest BCUT2D eigenvalue weighted by molar-refractivity contribution is -0.126. The third-order valence-corrected chi connectivity index (χ3v) is 4.01. The molecule has 0 aromatic heterocycles. The van der Waals surface area contributed by atoms with Crippen molar-refractivity contribution >= 4 is 18.3 Å². The first-order chi connectivity index (χ1) is 8.27. The van der Waals surface area contributed by atoms with Gasteiger partial charge in [-0.3, -0.25) is 4.79 Å². The summed E-state index contributed by atoms with van der Waals surface area (Å²) in [5, 5.41) is 6.47. The van der Waals surface area contributed by atoms with Crippen LogP contribution in [-0.4, -0.2) is 38.3 Å². The van der Waals surface area contributed by atoms with Gasteiger partial charge in [0.2, 0.25) is 5.91 Å². The molecule has 2 saturated heterocycles. The molecule has 5 heteroatoms. The molecular weight excluding hydrogens is 252 g/mol. The largest absolute Gasteiger partial charge is 0.381 e. The van der Waals surface area contributed by atoms with Crippen LogP contribution in [0.1, 0.15) is 32.6 Å². The van der Waals surface area contributed by atoms with E-state index in [2.05, 4.69) is 17.6 Å². The molecule has 18 heavy (non-hydrogen) atoms. The summed E-state index contributed by atoms with van der Waals surface area (Å²) in [6, 6.07) is 0.285. The van der Waals surface area contributed by atoms with Crippen molar-refractivity contribution in [3.8, 4) is 0 Å². The molecular formula is C13H25ClN2O2. The average Bonchev–Trinajstić information content (AvgIpc) is 2.40. The van der Waals surface area contributed by atoms with Crippen LogP contribution in [0.5, 0.6) is 0 Å². The summed E-state index contributed by atoms with van der Waals surface area (Å²) in [6.45, 7) is 5.71. The highest BCUT2D eigenvalue weighted by atomic mass is 35.5. The quantitative estimate of drug-likeness (QED) is 0.818. The molecule has 0 aromatic carbocycles. The molecule has 0 spiro atoms. The molecule has 2 rings (SSSR count). The summed E-state index contributed by atoms with van der Waals surface area (Å²) in [5.74, 6) is 0.992. The fourth-order valence-corrected chi connectivity index (χ4v) is 2.75. The Labute approximate surface area is 116 Å². The van der Waals surface area contributed by atoms with E-state index in [9.17, 15) is 4.79 Å². The van der Waals surface area contributed by atoms with Crippen LogP contribution >= 0.6 is 12.4 Å². The van der Waals surface area contributed by atoms with Gasteiger partial charge in [-0.05, 0) is 45.1 Å². The number of halogens is 1. The van der Waals surface area contributed by atoms with E-state index < -0.39 is 0 Å². The Morgan fingerprint density at radius 1 is 1.33 bits per heavy atom. The van der Waals surface area contributed by atoms with Crippen LogP contribution in [0.2, 0.25) is 0 Å². The number of nitrogens with one attached hydrogen (secondary N) is 2. The Morgan fingerprint density at radius 2 is 2.06 bits per heavy atom. The van der Waals surface area contributed by atoms with Crippen molar-refractivity contribution in [2.45, 2.75) is 38.6 Å².